The molecule has 3 nitrogen and oxygen atoms in total. The molecule has 0 radical (unpaired) electrons. The molecule has 0 amide bonds. The zero-order valence-electron chi connectivity index (χ0n) is 8.86. The van der Waals surface area contributed by atoms with E-state index in [-0.39, 0.29) is 0 Å². The van der Waals surface area contributed by atoms with Gasteiger partial charge >= 0.3 is 0 Å². The van der Waals surface area contributed by atoms with Gasteiger partial charge in [0.15, 0.2) is 0 Å². The highest BCUT2D eigenvalue weighted by molar-refractivity contribution is 6.32. The number of piperidine rings is 1. The molecule has 1 saturated heterocycles. The van der Waals surface area contributed by atoms with Gasteiger partial charge in [0.2, 0.25) is 0 Å². The molecule has 1 aromatic rings. The van der Waals surface area contributed by atoms with E-state index in [0.717, 1.165) is 30.4 Å². The van der Waals surface area contributed by atoms with Gasteiger partial charge in [0, 0.05) is 25.3 Å². The van der Waals surface area contributed by atoms with E-state index in [1.165, 1.54) is 0 Å². The van der Waals surface area contributed by atoms with Crippen molar-refractivity contribution in [3.63, 3.8) is 0 Å². The van der Waals surface area contributed by atoms with Gasteiger partial charge < -0.3 is 10.6 Å². The minimum absolute atomic E-state index is 0.309. The van der Waals surface area contributed by atoms with E-state index in [0.29, 0.717) is 12.0 Å². The SMILES string of the molecule is CC1CN(c2ncccc2Cl)CCC1N. The van der Waals surface area contributed by atoms with Crippen LogP contribution in [0.1, 0.15) is 13.3 Å². The molecule has 15 heavy (non-hydrogen) atoms. The van der Waals surface area contributed by atoms with Crippen LogP contribution < -0.4 is 10.6 Å². The van der Waals surface area contributed by atoms with E-state index in [2.05, 4.69) is 16.8 Å². The third-order valence-corrected chi connectivity index (χ3v) is 3.31. The van der Waals surface area contributed by atoms with Gasteiger partial charge in [-0.3, -0.25) is 0 Å². The molecule has 4 heteroatoms. The lowest BCUT2D eigenvalue weighted by Crippen LogP contribution is -2.46. The minimum atomic E-state index is 0.309. The van der Waals surface area contributed by atoms with Gasteiger partial charge in [-0.15, -0.1) is 0 Å². The van der Waals surface area contributed by atoms with Crippen molar-refractivity contribution < 1.29 is 0 Å². The standard InChI is InChI=1S/C11H16ClN3/c1-8-7-15(6-4-10(8)13)11-9(12)3-2-5-14-11/h2-3,5,8,10H,4,6-7,13H2,1H3. The predicted molar refractivity (Wildman–Crippen MR) is 63.2 cm³/mol. The smallest absolute Gasteiger partial charge is 0.147 e. The van der Waals surface area contributed by atoms with Crippen molar-refractivity contribution in [3.8, 4) is 0 Å². The van der Waals surface area contributed by atoms with Crippen molar-refractivity contribution in [1.82, 2.24) is 4.98 Å². The molecular formula is C11H16ClN3. The van der Waals surface area contributed by atoms with Gasteiger partial charge in [-0.2, -0.15) is 0 Å². The number of hydrogen-bond donors (Lipinski definition) is 1. The summed E-state index contributed by atoms with van der Waals surface area (Å²) in [6.45, 7) is 4.06. The predicted octanol–water partition coefficient (Wildman–Crippen LogP) is 1.91. The monoisotopic (exact) mass is 225 g/mol. The fourth-order valence-corrected chi connectivity index (χ4v) is 2.21. The van der Waals surface area contributed by atoms with E-state index in [1.807, 2.05) is 12.1 Å². The molecule has 2 atom stereocenters. The second kappa shape index (κ2) is 4.37. The average Bonchev–Trinajstić information content (AvgIpc) is 2.23. The minimum Gasteiger partial charge on any atom is -0.355 e. The van der Waals surface area contributed by atoms with Crippen LogP contribution in [0.4, 0.5) is 5.82 Å². The number of rotatable bonds is 1. The molecule has 1 aliphatic heterocycles. The summed E-state index contributed by atoms with van der Waals surface area (Å²) in [6.07, 6.45) is 2.79. The summed E-state index contributed by atoms with van der Waals surface area (Å²) < 4.78 is 0. The topological polar surface area (TPSA) is 42.2 Å². The number of halogens is 1. The molecule has 1 aromatic heterocycles. The van der Waals surface area contributed by atoms with Crippen molar-refractivity contribution in [2.75, 3.05) is 18.0 Å². The molecule has 1 aliphatic rings. The lowest BCUT2D eigenvalue weighted by molar-refractivity contribution is 0.381. The van der Waals surface area contributed by atoms with Gasteiger partial charge in [-0.05, 0) is 24.5 Å². The Morgan fingerprint density at radius 3 is 3.07 bits per heavy atom. The summed E-state index contributed by atoms with van der Waals surface area (Å²) in [5, 5.41) is 0.722. The molecule has 2 rings (SSSR count). The second-order valence-corrected chi connectivity index (χ2v) is 4.59. The number of nitrogens with zero attached hydrogens (tertiary/aromatic N) is 2. The zero-order valence-corrected chi connectivity index (χ0v) is 9.61. The van der Waals surface area contributed by atoms with Crippen LogP contribution in [0.25, 0.3) is 0 Å². The summed E-state index contributed by atoms with van der Waals surface area (Å²) in [5.74, 6) is 1.38. The van der Waals surface area contributed by atoms with Crippen molar-refractivity contribution in [1.29, 1.82) is 0 Å². The number of anilines is 1. The Labute approximate surface area is 95.2 Å². The number of nitrogens with two attached hydrogens (primary N) is 1. The Balaban J connectivity index is 2.15. The van der Waals surface area contributed by atoms with E-state index in [1.54, 1.807) is 6.20 Å². The van der Waals surface area contributed by atoms with E-state index in [9.17, 15) is 0 Å². The lowest BCUT2D eigenvalue weighted by atomic mass is 9.95. The highest BCUT2D eigenvalue weighted by atomic mass is 35.5. The maximum atomic E-state index is 6.11. The molecule has 0 bridgehead atoms. The van der Waals surface area contributed by atoms with Gasteiger partial charge in [0.25, 0.3) is 0 Å². The first kappa shape index (κ1) is 10.7. The van der Waals surface area contributed by atoms with Crippen LogP contribution in [0, 0.1) is 5.92 Å². The van der Waals surface area contributed by atoms with Crippen molar-refractivity contribution in [2.45, 2.75) is 19.4 Å². The van der Waals surface area contributed by atoms with Crippen LogP contribution in [0.2, 0.25) is 5.02 Å². The molecule has 2 heterocycles. The first-order valence-electron chi connectivity index (χ1n) is 5.29. The Morgan fingerprint density at radius 1 is 1.60 bits per heavy atom. The third-order valence-electron chi connectivity index (χ3n) is 3.01. The maximum Gasteiger partial charge on any atom is 0.147 e. The normalized spacial score (nSPS) is 26.7. The number of hydrogen-bond acceptors (Lipinski definition) is 3. The Kier molecular flexibility index (Phi) is 3.12. The first-order chi connectivity index (χ1) is 7.18. The Hall–Kier alpha value is -0.800. The summed E-state index contributed by atoms with van der Waals surface area (Å²) in [5.41, 5.74) is 5.98. The maximum absolute atomic E-state index is 6.11. The van der Waals surface area contributed by atoms with Crippen LogP contribution in [-0.2, 0) is 0 Å². The van der Waals surface area contributed by atoms with Gasteiger partial charge in [-0.1, -0.05) is 18.5 Å². The van der Waals surface area contributed by atoms with Crippen molar-refractivity contribution >= 4 is 17.4 Å². The first-order valence-corrected chi connectivity index (χ1v) is 5.67. The van der Waals surface area contributed by atoms with Gasteiger partial charge in [0.05, 0.1) is 5.02 Å². The van der Waals surface area contributed by atoms with Crippen LogP contribution in [0.5, 0.6) is 0 Å². The zero-order chi connectivity index (χ0) is 10.8. The quantitative estimate of drug-likeness (QED) is 0.794. The number of pyridine rings is 1. The second-order valence-electron chi connectivity index (χ2n) is 4.18. The third kappa shape index (κ3) is 2.24. The molecule has 2 unspecified atom stereocenters. The summed E-state index contributed by atoms with van der Waals surface area (Å²) >= 11 is 6.11. The molecule has 0 spiro atoms. The molecule has 0 aliphatic carbocycles. The largest absolute Gasteiger partial charge is 0.355 e. The molecule has 1 fully saturated rings. The Bertz CT molecular complexity index is 342. The van der Waals surface area contributed by atoms with Crippen LogP contribution in [-0.4, -0.2) is 24.1 Å². The fourth-order valence-electron chi connectivity index (χ4n) is 1.97. The molecule has 82 valence electrons. The van der Waals surface area contributed by atoms with E-state index in [4.69, 9.17) is 17.3 Å². The van der Waals surface area contributed by atoms with Crippen LogP contribution in [0.3, 0.4) is 0 Å². The summed E-state index contributed by atoms with van der Waals surface area (Å²) in [6, 6.07) is 4.04. The summed E-state index contributed by atoms with van der Waals surface area (Å²) in [7, 11) is 0. The highest BCUT2D eigenvalue weighted by Gasteiger charge is 2.24. The molecular weight excluding hydrogens is 210 g/mol. The molecule has 2 N–H and O–H groups in total. The molecule has 0 saturated carbocycles. The van der Waals surface area contributed by atoms with Crippen LogP contribution >= 0.6 is 11.6 Å². The van der Waals surface area contributed by atoms with E-state index < -0.39 is 0 Å². The lowest BCUT2D eigenvalue weighted by Gasteiger charge is -2.36. The number of aromatic nitrogens is 1. The van der Waals surface area contributed by atoms with Crippen molar-refractivity contribution in [3.05, 3.63) is 23.4 Å². The molecule has 0 aromatic carbocycles. The van der Waals surface area contributed by atoms with Gasteiger partial charge in [-0.25, -0.2) is 4.98 Å². The van der Waals surface area contributed by atoms with Crippen LogP contribution in [0.15, 0.2) is 18.3 Å². The van der Waals surface area contributed by atoms with E-state index >= 15 is 0 Å². The average molecular weight is 226 g/mol. The fraction of sp³-hybridized carbons (Fsp3) is 0.545. The Morgan fingerprint density at radius 2 is 2.40 bits per heavy atom. The summed E-state index contributed by atoms with van der Waals surface area (Å²) in [4.78, 5) is 6.53. The van der Waals surface area contributed by atoms with Gasteiger partial charge in [0.1, 0.15) is 5.82 Å². The van der Waals surface area contributed by atoms with Crippen molar-refractivity contribution in [2.24, 2.45) is 11.7 Å². The highest BCUT2D eigenvalue weighted by Crippen LogP contribution is 2.26.